The number of fused-ring (bicyclic) bond motifs is 1. The molecule has 0 spiro atoms. The lowest BCUT2D eigenvalue weighted by Crippen LogP contribution is -2.37. The summed E-state index contributed by atoms with van der Waals surface area (Å²) in [5, 5.41) is 9.86. The Morgan fingerprint density at radius 1 is 1.10 bits per heavy atom. The van der Waals surface area contributed by atoms with E-state index in [0.717, 1.165) is 54.2 Å². The molecule has 0 aliphatic carbocycles. The number of likely N-dealkylation sites (tertiary alicyclic amines) is 1. The Labute approximate surface area is 174 Å². The maximum atomic E-state index is 9.86. The molecule has 5 rings (SSSR count). The maximum absolute atomic E-state index is 9.86. The van der Waals surface area contributed by atoms with Gasteiger partial charge in [-0.25, -0.2) is 4.98 Å². The van der Waals surface area contributed by atoms with E-state index in [9.17, 15) is 5.11 Å². The van der Waals surface area contributed by atoms with Crippen molar-refractivity contribution in [1.82, 2.24) is 14.9 Å². The van der Waals surface area contributed by atoms with Crippen LogP contribution < -0.4 is 0 Å². The number of aromatic nitrogens is 2. The number of nitrogens with one attached hydrogen (secondary N) is 1. The minimum absolute atomic E-state index is 0.172. The number of aliphatic hydroxyl groups excluding tert-OH is 1. The number of thiophene rings is 1. The second-order valence-corrected chi connectivity index (χ2v) is 9.03. The molecule has 1 saturated heterocycles. The van der Waals surface area contributed by atoms with Gasteiger partial charge in [0, 0.05) is 18.0 Å². The Balaban J connectivity index is 1.34. The highest BCUT2D eigenvalue weighted by Crippen LogP contribution is 2.34. The van der Waals surface area contributed by atoms with Crippen LogP contribution >= 0.6 is 11.3 Å². The third kappa shape index (κ3) is 3.86. The number of aliphatic hydroxyl groups is 1. The summed E-state index contributed by atoms with van der Waals surface area (Å²) in [6.07, 6.45) is 1.84. The van der Waals surface area contributed by atoms with E-state index in [1.165, 1.54) is 21.6 Å². The van der Waals surface area contributed by atoms with E-state index in [1.807, 2.05) is 0 Å². The SMILES string of the molecule is Cc1cccc2[nH]c(-c3ccc(-c4ccc(CN5CCCC(O)C5)cc4)s3)nc12. The monoisotopic (exact) mass is 403 g/mol. The number of hydrogen-bond acceptors (Lipinski definition) is 4. The van der Waals surface area contributed by atoms with Gasteiger partial charge in [-0.05, 0) is 61.2 Å². The first-order valence-corrected chi connectivity index (χ1v) is 11.0. The van der Waals surface area contributed by atoms with Gasteiger partial charge in [-0.3, -0.25) is 4.90 Å². The molecule has 4 nitrogen and oxygen atoms in total. The first-order valence-electron chi connectivity index (χ1n) is 10.2. The largest absolute Gasteiger partial charge is 0.392 e. The van der Waals surface area contributed by atoms with Gasteiger partial charge in [-0.15, -0.1) is 11.3 Å². The van der Waals surface area contributed by atoms with Gasteiger partial charge in [-0.2, -0.15) is 0 Å². The molecule has 0 bridgehead atoms. The molecule has 1 fully saturated rings. The molecule has 4 aromatic rings. The van der Waals surface area contributed by atoms with Crippen LogP contribution in [0.1, 0.15) is 24.0 Å². The minimum Gasteiger partial charge on any atom is -0.392 e. The van der Waals surface area contributed by atoms with Crippen LogP contribution in [0.4, 0.5) is 0 Å². The molecule has 1 aliphatic heterocycles. The Morgan fingerprint density at radius 3 is 2.72 bits per heavy atom. The lowest BCUT2D eigenvalue weighted by atomic mass is 10.1. The van der Waals surface area contributed by atoms with Crippen LogP contribution in [-0.4, -0.2) is 39.2 Å². The molecule has 29 heavy (non-hydrogen) atoms. The van der Waals surface area contributed by atoms with E-state index in [0.29, 0.717) is 0 Å². The number of nitrogens with zero attached hydrogens (tertiary/aromatic N) is 2. The first kappa shape index (κ1) is 18.6. The average Bonchev–Trinajstić information content (AvgIpc) is 3.36. The molecular weight excluding hydrogens is 378 g/mol. The van der Waals surface area contributed by atoms with E-state index in [4.69, 9.17) is 4.98 Å². The van der Waals surface area contributed by atoms with E-state index in [-0.39, 0.29) is 6.10 Å². The third-order valence-electron chi connectivity index (χ3n) is 5.68. The van der Waals surface area contributed by atoms with E-state index in [1.54, 1.807) is 11.3 Å². The van der Waals surface area contributed by atoms with Crippen molar-refractivity contribution in [2.24, 2.45) is 0 Å². The summed E-state index contributed by atoms with van der Waals surface area (Å²) in [6, 6.07) is 19.4. The van der Waals surface area contributed by atoms with E-state index >= 15 is 0 Å². The van der Waals surface area contributed by atoms with Crippen molar-refractivity contribution in [2.45, 2.75) is 32.4 Å². The third-order valence-corrected chi connectivity index (χ3v) is 6.82. The summed E-state index contributed by atoms with van der Waals surface area (Å²) in [6.45, 7) is 4.86. The van der Waals surface area contributed by atoms with Gasteiger partial charge >= 0.3 is 0 Å². The van der Waals surface area contributed by atoms with Gasteiger partial charge in [0.1, 0.15) is 5.82 Å². The molecule has 2 N–H and O–H groups in total. The van der Waals surface area contributed by atoms with Crippen LogP contribution in [-0.2, 0) is 6.54 Å². The Hall–Kier alpha value is -2.47. The molecule has 148 valence electrons. The summed E-state index contributed by atoms with van der Waals surface area (Å²) < 4.78 is 0. The Kier molecular flexibility index (Phi) is 4.96. The van der Waals surface area contributed by atoms with E-state index in [2.05, 4.69) is 71.4 Å². The molecule has 1 aliphatic rings. The number of rotatable bonds is 4. The predicted molar refractivity (Wildman–Crippen MR) is 120 cm³/mol. The lowest BCUT2D eigenvalue weighted by Gasteiger charge is -2.29. The maximum Gasteiger partial charge on any atom is 0.148 e. The number of H-pyrrole nitrogens is 1. The molecule has 1 atom stereocenters. The highest BCUT2D eigenvalue weighted by molar-refractivity contribution is 7.18. The number of aromatic amines is 1. The molecular formula is C24H25N3OS. The fourth-order valence-corrected chi connectivity index (χ4v) is 5.08. The van der Waals surface area contributed by atoms with Crippen molar-refractivity contribution >= 4 is 22.4 Å². The molecule has 3 heterocycles. The minimum atomic E-state index is -0.172. The fraction of sp³-hybridized carbons (Fsp3) is 0.292. The van der Waals surface area contributed by atoms with Gasteiger partial charge in [0.25, 0.3) is 0 Å². The Bertz CT molecular complexity index is 1130. The number of β-amino-alcohol motifs (C(OH)–C–C–N with tert-alkyl or cyclic N) is 1. The normalized spacial score (nSPS) is 17.8. The fourth-order valence-electron chi connectivity index (χ4n) is 4.12. The Morgan fingerprint density at radius 2 is 1.93 bits per heavy atom. The van der Waals surface area contributed by atoms with Crippen LogP contribution in [0.5, 0.6) is 0 Å². The van der Waals surface area contributed by atoms with Gasteiger partial charge < -0.3 is 10.1 Å². The van der Waals surface area contributed by atoms with Gasteiger partial charge in [0.15, 0.2) is 0 Å². The second kappa shape index (κ2) is 7.75. The van der Waals surface area contributed by atoms with Crippen molar-refractivity contribution in [1.29, 1.82) is 0 Å². The number of piperidine rings is 1. The molecule has 2 aromatic heterocycles. The van der Waals surface area contributed by atoms with Crippen molar-refractivity contribution < 1.29 is 5.11 Å². The summed E-state index contributed by atoms with van der Waals surface area (Å²) in [5.41, 5.74) is 5.86. The average molecular weight is 404 g/mol. The first-order chi connectivity index (χ1) is 14.2. The number of benzene rings is 2. The lowest BCUT2D eigenvalue weighted by molar-refractivity contribution is 0.0668. The van der Waals surface area contributed by atoms with Crippen LogP contribution in [0.25, 0.3) is 32.2 Å². The standard InChI is InChI=1S/C24H25N3OS/c1-16-4-2-6-20-23(16)26-24(25-20)22-12-11-21(29-22)18-9-7-17(8-10-18)14-27-13-3-5-19(28)15-27/h2,4,6-12,19,28H,3,5,13-15H2,1H3,(H,25,26). The van der Waals surface area contributed by atoms with Crippen LogP contribution in [0.3, 0.4) is 0 Å². The summed E-state index contributed by atoms with van der Waals surface area (Å²) >= 11 is 1.76. The molecule has 0 amide bonds. The molecule has 5 heteroatoms. The summed E-state index contributed by atoms with van der Waals surface area (Å²) in [5.74, 6) is 0.936. The topological polar surface area (TPSA) is 52.2 Å². The zero-order chi connectivity index (χ0) is 19.8. The quantitative estimate of drug-likeness (QED) is 0.491. The zero-order valence-electron chi connectivity index (χ0n) is 16.6. The predicted octanol–water partition coefficient (Wildman–Crippen LogP) is 5.22. The smallest absolute Gasteiger partial charge is 0.148 e. The van der Waals surface area contributed by atoms with Crippen LogP contribution in [0, 0.1) is 6.92 Å². The molecule has 0 saturated carbocycles. The second-order valence-electron chi connectivity index (χ2n) is 7.95. The van der Waals surface area contributed by atoms with Crippen LogP contribution in [0.15, 0.2) is 54.6 Å². The number of aryl methyl sites for hydroxylation is 1. The number of hydrogen-bond donors (Lipinski definition) is 2. The van der Waals surface area contributed by atoms with Crippen LogP contribution in [0.2, 0.25) is 0 Å². The molecule has 2 aromatic carbocycles. The zero-order valence-corrected chi connectivity index (χ0v) is 17.4. The van der Waals surface area contributed by atoms with Gasteiger partial charge in [0.05, 0.1) is 22.0 Å². The molecule has 1 unspecified atom stereocenters. The van der Waals surface area contributed by atoms with Gasteiger partial charge in [-0.1, -0.05) is 36.4 Å². The van der Waals surface area contributed by atoms with E-state index < -0.39 is 0 Å². The summed E-state index contributed by atoms with van der Waals surface area (Å²) in [4.78, 5) is 13.0. The highest BCUT2D eigenvalue weighted by Gasteiger charge is 2.17. The van der Waals surface area contributed by atoms with Crippen molar-refractivity contribution in [3.8, 4) is 21.1 Å². The molecule has 0 radical (unpaired) electrons. The van der Waals surface area contributed by atoms with Crippen molar-refractivity contribution in [3.05, 3.63) is 65.7 Å². The van der Waals surface area contributed by atoms with Crippen molar-refractivity contribution in [2.75, 3.05) is 13.1 Å². The van der Waals surface area contributed by atoms with Crippen molar-refractivity contribution in [3.63, 3.8) is 0 Å². The highest BCUT2D eigenvalue weighted by atomic mass is 32.1. The van der Waals surface area contributed by atoms with Gasteiger partial charge in [0.2, 0.25) is 0 Å². The summed E-state index contributed by atoms with van der Waals surface area (Å²) in [7, 11) is 0. The number of para-hydroxylation sites is 1. The number of imidazole rings is 1.